The zero-order valence-electron chi connectivity index (χ0n) is 9.84. The molecule has 0 aliphatic heterocycles. The van der Waals surface area contributed by atoms with Gasteiger partial charge in [0.15, 0.2) is 0 Å². The largest absolute Gasteiger partial charge is 0.387 e. The number of carbonyl (C=O) groups excluding carboxylic acids is 1. The first-order chi connectivity index (χ1) is 8.24. The second-order valence-corrected chi connectivity index (χ2v) is 3.56. The van der Waals surface area contributed by atoms with Gasteiger partial charge in [0, 0.05) is 12.6 Å². The molecule has 0 saturated carbocycles. The molecular weight excluding hydrogens is 214 g/mol. The maximum atomic E-state index is 11.3. The molecule has 90 valence electrons. The summed E-state index contributed by atoms with van der Waals surface area (Å²) in [5, 5.41) is 12.4. The van der Waals surface area contributed by atoms with Crippen molar-refractivity contribution in [1.29, 1.82) is 0 Å². The Morgan fingerprint density at radius 2 is 2.06 bits per heavy atom. The molecule has 0 spiro atoms. The Balaban J connectivity index is 2.38. The Bertz CT molecular complexity index is 396. The number of benzene rings is 1. The van der Waals surface area contributed by atoms with E-state index in [1.54, 1.807) is 12.2 Å². The van der Waals surface area contributed by atoms with Gasteiger partial charge < -0.3 is 10.4 Å². The van der Waals surface area contributed by atoms with Gasteiger partial charge in [-0.25, -0.2) is 0 Å². The second kappa shape index (κ2) is 7.41. The number of aliphatic hydroxyl groups excluding tert-OH is 1. The van der Waals surface area contributed by atoms with Crippen molar-refractivity contribution in [3.63, 3.8) is 0 Å². The van der Waals surface area contributed by atoms with Crippen molar-refractivity contribution in [1.82, 2.24) is 5.32 Å². The quantitative estimate of drug-likeness (QED) is 0.601. The van der Waals surface area contributed by atoms with E-state index in [0.29, 0.717) is 0 Å². The second-order valence-electron chi connectivity index (χ2n) is 3.56. The van der Waals surface area contributed by atoms with Crippen molar-refractivity contribution in [2.45, 2.75) is 13.0 Å². The highest BCUT2D eigenvalue weighted by molar-refractivity contribution is 5.87. The van der Waals surface area contributed by atoms with Gasteiger partial charge in [-0.1, -0.05) is 48.6 Å². The molecule has 0 bridgehead atoms. The summed E-state index contributed by atoms with van der Waals surface area (Å²) in [6.07, 6.45) is 6.02. The first-order valence-corrected chi connectivity index (χ1v) is 5.54. The lowest BCUT2D eigenvalue weighted by Gasteiger charge is -2.10. The zero-order valence-corrected chi connectivity index (χ0v) is 9.84. The van der Waals surface area contributed by atoms with E-state index >= 15 is 0 Å². The molecule has 3 nitrogen and oxygen atoms in total. The third kappa shape index (κ3) is 5.13. The molecule has 3 heteroatoms. The number of allylic oxidation sites excluding steroid dienone is 3. The van der Waals surface area contributed by atoms with Gasteiger partial charge in [-0.15, -0.1) is 0 Å². The molecule has 1 aromatic carbocycles. The molecule has 0 fully saturated rings. The van der Waals surface area contributed by atoms with E-state index in [-0.39, 0.29) is 12.5 Å². The summed E-state index contributed by atoms with van der Waals surface area (Å²) >= 11 is 0. The molecule has 1 atom stereocenters. The molecule has 0 aromatic heterocycles. The minimum atomic E-state index is -0.671. The third-order valence-corrected chi connectivity index (χ3v) is 2.21. The van der Waals surface area contributed by atoms with Gasteiger partial charge in [0.05, 0.1) is 6.10 Å². The lowest BCUT2D eigenvalue weighted by atomic mass is 10.1. The average molecular weight is 231 g/mol. The van der Waals surface area contributed by atoms with Crippen LogP contribution in [-0.4, -0.2) is 17.6 Å². The highest BCUT2D eigenvalue weighted by atomic mass is 16.3. The monoisotopic (exact) mass is 231 g/mol. The summed E-state index contributed by atoms with van der Waals surface area (Å²) in [7, 11) is 0. The maximum absolute atomic E-state index is 11.3. The maximum Gasteiger partial charge on any atom is 0.244 e. The highest BCUT2D eigenvalue weighted by Gasteiger charge is 2.06. The van der Waals surface area contributed by atoms with Gasteiger partial charge in [0.1, 0.15) is 0 Å². The summed E-state index contributed by atoms with van der Waals surface area (Å²) < 4.78 is 0. The first-order valence-electron chi connectivity index (χ1n) is 5.54. The molecule has 17 heavy (non-hydrogen) atoms. The first kappa shape index (κ1) is 13.2. The Morgan fingerprint density at radius 1 is 1.35 bits per heavy atom. The molecule has 0 heterocycles. The molecule has 0 radical (unpaired) electrons. The van der Waals surface area contributed by atoms with Crippen molar-refractivity contribution in [2.24, 2.45) is 0 Å². The predicted octanol–water partition coefficient (Wildman–Crippen LogP) is 1.97. The number of aliphatic hydroxyl groups is 1. The molecule has 0 saturated heterocycles. The molecule has 1 amide bonds. The molecule has 1 rings (SSSR count). The molecular formula is C14H17NO2. The molecule has 0 aliphatic rings. The summed E-state index contributed by atoms with van der Waals surface area (Å²) in [5.74, 6) is -0.210. The van der Waals surface area contributed by atoms with Crippen LogP contribution in [-0.2, 0) is 4.79 Å². The van der Waals surface area contributed by atoms with E-state index in [4.69, 9.17) is 0 Å². The predicted molar refractivity (Wildman–Crippen MR) is 68.4 cm³/mol. The van der Waals surface area contributed by atoms with E-state index in [2.05, 4.69) is 5.32 Å². The van der Waals surface area contributed by atoms with Crippen LogP contribution in [0.2, 0.25) is 0 Å². The summed E-state index contributed by atoms with van der Waals surface area (Å²) in [6, 6.07) is 9.24. The Hall–Kier alpha value is -1.87. The number of carbonyl (C=O) groups is 1. The SMILES string of the molecule is C/C=C/C=C/C(=O)NCC(O)c1ccccc1. The molecule has 0 aliphatic carbocycles. The zero-order chi connectivity index (χ0) is 12.5. The molecule has 1 aromatic rings. The van der Waals surface area contributed by atoms with Crippen molar-refractivity contribution >= 4 is 5.91 Å². The smallest absolute Gasteiger partial charge is 0.244 e. The lowest BCUT2D eigenvalue weighted by Crippen LogP contribution is -2.26. The fraction of sp³-hybridized carbons (Fsp3) is 0.214. The number of hydrogen-bond donors (Lipinski definition) is 2. The summed E-state index contributed by atoms with van der Waals surface area (Å²) in [6.45, 7) is 2.09. The van der Waals surface area contributed by atoms with Crippen LogP contribution in [0.25, 0.3) is 0 Å². The van der Waals surface area contributed by atoms with Crippen LogP contribution in [0.3, 0.4) is 0 Å². The number of rotatable bonds is 5. The highest BCUT2D eigenvalue weighted by Crippen LogP contribution is 2.10. The normalized spacial score (nSPS) is 13.1. The Morgan fingerprint density at radius 3 is 2.71 bits per heavy atom. The van der Waals surface area contributed by atoms with Crippen LogP contribution in [0.15, 0.2) is 54.6 Å². The van der Waals surface area contributed by atoms with Gasteiger partial charge in [-0.05, 0) is 12.5 Å². The Labute approximate surface area is 101 Å². The van der Waals surface area contributed by atoms with Crippen LogP contribution in [0, 0.1) is 0 Å². The van der Waals surface area contributed by atoms with Crippen LogP contribution < -0.4 is 5.32 Å². The van der Waals surface area contributed by atoms with Crippen LogP contribution >= 0.6 is 0 Å². The fourth-order valence-electron chi connectivity index (χ4n) is 1.30. The van der Waals surface area contributed by atoms with E-state index in [9.17, 15) is 9.90 Å². The minimum absolute atomic E-state index is 0.210. The van der Waals surface area contributed by atoms with Crippen LogP contribution in [0.1, 0.15) is 18.6 Å². The van der Waals surface area contributed by atoms with E-state index in [1.807, 2.05) is 43.3 Å². The van der Waals surface area contributed by atoms with Crippen molar-refractivity contribution in [3.05, 3.63) is 60.2 Å². The van der Waals surface area contributed by atoms with Crippen LogP contribution in [0.4, 0.5) is 0 Å². The number of amides is 1. The van der Waals surface area contributed by atoms with Crippen molar-refractivity contribution < 1.29 is 9.90 Å². The van der Waals surface area contributed by atoms with Gasteiger partial charge in [-0.3, -0.25) is 4.79 Å². The molecule has 1 unspecified atom stereocenters. The van der Waals surface area contributed by atoms with Gasteiger partial charge in [0.2, 0.25) is 5.91 Å². The van der Waals surface area contributed by atoms with Gasteiger partial charge in [-0.2, -0.15) is 0 Å². The van der Waals surface area contributed by atoms with E-state index in [0.717, 1.165) is 5.56 Å². The van der Waals surface area contributed by atoms with Crippen LogP contribution in [0.5, 0.6) is 0 Å². The van der Waals surface area contributed by atoms with Crippen molar-refractivity contribution in [3.8, 4) is 0 Å². The van der Waals surface area contributed by atoms with Crippen molar-refractivity contribution in [2.75, 3.05) is 6.54 Å². The standard InChI is InChI=1S/C14H17NO2/c1-2-3-5-10-14(17)15-11-13(16)12-8-6-4-7-9-12/h2-10,13,16H,11H2,1H3,(H,15,17)/b3-2+,10-5+. The summed E-state index contributed by atoms with van der Waals surface area (Å²) in [4.78, 5) is 11.3. The van der Waals surface area contributed by atoms with E-state index < -0.39 is 6.10 Å². The number of nitrogens with one attached hydrogen (secondary N) is 1. The number of hydrogen-bond acceptors (Lipinski definition) is 2. The lowest BCUT2D eigenvalue weighted by molar-refractivity contribution is -0.116. The van der Waals surface area contributed by atoms with E-state index in [1.165, 1.54) is 6.08 Å². The minimum Gasteiger partial charge on any atom is -0.387 e. The third-order valence-electron chi connectivity index (χ3n) is 2.21. The Kier molecular flexibility index (Phi) is 5.75. The molecule has 2 N–H and O–H groups in total. The van der Waals surface area contributed by atoms with Gasteiger partial charge >= 0.3 is 0 Å². The average Bonchev–Trinajstić information content (AvgIpc) is 2.37. The topological polar surface area (TPSA) is 49.3 Å². The summed E-state index contributed by atoms with van der Waals surface area (Å²) in [5.41, 5.74) is 0.797. The fourth-order valence-corrected chi connectivity index (χ4v) is 1.30. The van der Waals surface area contributed by atoms with Gasteiger partial charge in [0.25, 0.3) is 0 Å².